The number of ether oxygens (including phenoxy) is 2. The van der Waals surface area contributed by atoms with Crippen molar-refractivity contribution in [2.75, 3.05) is 6.61 Å². The highest BCUT2D eigenvalue weighted by atomic mass is 19.1. The van der Waals surface area contributed by atoms with Gasteiger partial charge in [0.15, 0.2) is 11.6 Å². The summed E-state index contributed by atoms with van der Waals surface area (Å²) in [5.74, 6) is 0.0652. The molecule has 0 spiro atoms. The van der Waals surface area contributed by atoms with Gasteiger partial charge in [0.25, 0.3) is 5.91 Å². The van der Waals surface area contributed by atoms with E-state index in [-0.39, 0.29) is 17.8 Å². The number of nitrogens with zero attached hydrogens (tertiary/aromatic N) is 1. The molecule has 0 fully saturated rings. The Balaban J connectivity index is 1.54. The molecule has 3 rings (SSSR count). The van der Waals surface area contributed by atoms with E-state index in [4.69, 9.17) is 9.47 Å². The molecule has 2 aromatic carbocycles. The van der Waals surface area contributed by atoms with Gasteiger partial charge < -0.3 is 14.8 Å². The van der Waals surface area contributed by atoms with Gasteiger partial charge in [-0.25, -0.2) is 4.39 Å². The summed E-state index contributed by atoms with van der Waals surface area (Å²) in [5.41, 5.74) is 2.17. The lowest BCUT2D eigenvalue weighted by atomic mass is 10.2. The van der Waals surface area contributed by atoms with E-state index in [0.717, 1.165) is 11.3 Å². The first-order valence-corrected chi connectivity index (χ1v) is 9.44. The highest BCUT2D eigenvalue weighted by molar-refractivity contribution is 5.93. The smallest absolute Gasteiger partial charge is 0.253 e. The fraction of sp³-hybridized carbons (Fsp3) is 0.217. The van der Waals surface area contributed by atoms with Gasteiger partial charge >= 0.3 is 0 Å². The third kappa shape index (κ3) is 5.62. The Morgan fingerprint density at radius 1 is 1.10 bits per heavy atom. The SMILES string of the molecule is CCOC(C)c1ccc(C(=O)NCc2ccc(Oc3ccccc3F)cc2)cn1. The average molecular weight is 394 g/mol. The molecule has 150 valence electrons. The molecule has 3 aromatic rings. The number of aromatic nitrogens is 1. The van der Waals surface area contributed by atoms with Crippen LogP contribution in [0, 0.1) is 5.82 Å². The fourth-order valence-electron chi connectivity index (χ4n) is 2.73. The van der Waals surface area contributed by atoms with Gasteiger partial charge in [-0.15, -0.1) is 0 Å². The number of hydrogen-bond acceptors (Lipinski definition) is 4. The monoisotopic (exact) mass is 394 g/mol. The normalized spacial score (nSPS) is 11.7. The Morgan fingerprint density at radius 3 is 2.52 bits per heavy atom. The van der Waals surface area contributed by atoms with E-state index in [1.807, 2.05) is 26.0 Å². The summed E-state index contributed by atoms with van der Waals surface area (Å²) in [4.78, 5) is 16.6. The Hall–Kier alpha value is -3.25. The zero-order valence-electron chi connectivity index (χ0n) is 16.4. The first kappa shape index (κ1) is 20.5. The van der Waals surface area contributed by atoms with Crippen LogP contribution in [0.5, 0.6) is 11.5 Å². The quantitative estimate of drug-likeness (QED) is 0.581. The van der Waals surface area contributed by atoms with Crippen molar-refractivity contribution in [2.45, 2.75) is 26.5 Å². The summed E-state index contributed by atoms with van der Waals surface area (Å²) >= 11 is 0. The van der Waals surface area contributed by atoms with E-state index in [2.05, 4.69) is 10.3 Å². The van der Waals surface area contributed by atoms with E-state index in [0.29, 0.717) is 24.5 Å². The standard InChI is InChI=1S/C23H23FN2O3/c1-3-28-16(2)21-13-10-18(15-25-21)23(27)26-14-17-8-11-19(12-9-17)29-22-7-5-4-6-20(22)24/h4-13,15-16H,3,14H2,1-2H3,(H,26,27). The van der Waals surface area contributed by atoms with Crippen LogP contribution >= 0.6 is 0 Å². The van der Waals surface area contributed by atoms with Gasteiger partial charge in [0.1, 0.15) is 5.75 Å². The molecule has 0 bridgehead atoms. The molecule has 1 atom stereocenters. The van der Waals surface area contributed by atoms with E-state index in [1.54, 1.807) is 48.7 Å². The average Bonchev–Trinajstić information content (AvgIpc) is 2.75. The number of nitrogens with one attached hydrogen (secondary N) is 1. The number of para-hydroxylation sites is 1. The van der Waals surface area contributed by atoms with E-state index in [1.165, 1.54) is 6.07 Å². The fourth-order valence-corrected chi connectivity index (χ4v) is 2.73. The molecule has 0 saturated heterocycles. The van der Waals surface area contributed by atoms with E-state index < -0.39 is 5.82 Å². The number of hydrogen-bond donors (Lipinski definition) is 1. The second-order valence-corrected chi connectivity index (χ2v) is 6.43. The molecule has 0 aliphatic carbocycles. The van der Waals surface area contributed by atoms with E-state index in [9.17, 15) is 9.18 Å². The highest BCUT2D eigenvalue weighted by Crippen LogP contribution is 2.24. The molecule has 0 aliphatic heterocycles. The minimum Gasteiger partial charge on any atom is -0.454 e. The maximum atomic E-state index is 13.6. The zero-order chi connectivity index (χ0) is 20.6. The van der Waals surface area contributed by atoms with Crippen LogP contribution in [-0.4, -0.2) is 17.5 Å². The van der Waals surface area contributed by atoms with Crippen LogP contribution in [0.4, 0.5) is 4.39 Å². The Labute approximate surface area is 169 Å². The first-order valence-electron chi connectivity index (χ1n) is 9.44. The summed E-state index contributed by atoms with van der Waals surface area (Å²) < 4.78 is 24.7. The summed E-state index contributed by atoms with van der Waals surface area (Å²) in [6.45, 7) is 4.81. The second-order valence-electron chi connectivity index (χ2n) is 6.43. The van der Waals surface area contributed by atoms with Crippen LogP contribution in [0.1, 0.15) is 41.6 Å². The van der Waals surface area contributed by atoms with Crippen LogP contribution < -0.4 is 10.1 Å². The highest BCUT2D eigenvalue weighted by Gasteiger charge is 2.10. The zero-order valence-corrected chi connectivity index (χ0v) is 16.4. The number of pyridine rings is 1. The minimum atomic E-state index is -0.417. The molecule has 0 saturated carbocycles. The van der Waals surface area contributed by atoms with Crippen molar-refractivity contribution in [1.29, 1.82) is 0 Å². The van der Waals surface area contributed by atoms with Crippen molar-refractivity contribution in [3.05, 3.63) is 89.5 Å². The van der Waals surface area contributed by atoms with Crippen molar-refractivity contribution in [1.82, 2.24) is 10.3 Å². The van der Waals surface area contributed by atoms with Crippen molar-refractivity contribution in [3.63, 3.8) is 0 Å². The molecule has 29 heavy (non-hydrogen) atoms. The predicted molar refractivity (Wildman–Crippen MR) is 108 cm³/mol. The molecule has 1 amide bonds. The number of amides is 1. The maximum absolute atomic E-state index is 13.6. The van der Waals surface area contributed by atoms with E-state index >= 15 is 0 Å². The van der Waals surface area contributed by atoms with Gasteiger partial charge in [-0.2, -0.15) is 0 Å². The largest absolute Gasteiger partial charge is 0.454 e. The van der Waals surface area contributed by atoms with Crippen LogP contribution in [0.2, 0.25) is 0 Å². The van der Waals surface area contributed by atoms with Crippen LogP contribution in [0.15, 0.2) is 66.9 Å². The molecule has 1 N–H and O–H groups in total. The van der Waals surface area contributed by atoms with Crippen LogP contribution in [-0.2, 0) is 11.3 Å². The number of benzene rings is 2. The molecule has 1 unspecified atom stereocenters. The lowest BCUT2D eigenvalue weighted by Gasteiger charge is -2.11. The van der Waals surface area contributed by atoms with Gasteiger partial charge in [-0.3, -0.25) is 9.78 Å². The summed E-state index contributed by atoms with van der Waals surface area (Å²) in [7, 11) is 0. The topological polar surface area (TPSA) is 60.5 Å². The number of halogens is 1. The second kappa shape index (κ2) is 9.80. The summed E-state index contributed by atoms with van der Waals surface area (Å²) in [6.07, 6.45) is 1.44. The third-order valence-electron chi connectivity index (χ3n) is 4.32. The molecule has 1 aromatic heterocycles. The van der Waals surface area contributed by atoms with Crippen LogP contribution in [0.3, 0.4) is 0 Å². The molecule has 5 nitrogen and oxygen atoms in total. The Bertz CT molecular complexity index is 943. The number of carbonyl (C=O) groups excluding carboxylic acids is 1. The molecular formula is C23H23FN2O3. The van der Waals surface area contributed by atoms with Gasteiger partial charge in [0, 0.05) is 19.3 Å². The minimum absolute atomic E-state index is 0.109. The van der Waals surface area contributed by atoms with Gasteiger partial charge in [0.05, 0.1) is 17.4 Å². The van der Waals surface area contributed by atoms with Crippen molar-refractivity contribution < 1.29 is 18.7 Å². The first-order chi connectivity index (χ1) is 14.1. The number of rotatable bonds is 8. The van der Waals surface area contributed by atoms with Crippen molar-refractivity contribution in [3.8, 4) is 11.5 Å². The van der Waals surface area contributed by atoms with Crippen LogP contribution in [0.25, 0.3) is 0 Å². The van der Waals surface area contributed by atoms with Gasteiger partial charge in [0.2, 0.25) is 0 Å². The predicted octanol–water partition coefficient (Wildman–Crippen LogP) is 5.04. The lowest BCUT2D eigenvalue weighted by Crippen LogP contribution is -2.23. The van der Waals surface area contributed by atoms with Crippen molar-refractivity contribution in [2.24, 2.45) is 0 Å². The maximum Gasteiger partial charge on any atom is 0.253 e. The summed E-state index contributed by atoms with van der Waals surface area (Å²) in [6, 6.07) is 16.9. The molecule has 0 aliphatic rings. The lowest BCUT2D eigenvalue weighted by molar-refractivity contribution is 0.0732. The summed E-state index contributed by atoms with van der Waals surface area (Å²) in [5, 5.41) is 2.86. The third-order valence-corrected chi connectivity index (χ3v) is 4.32. The van der Waals surface area contributed by atoms with Gasteiger partial charge in [-0.05, 0) is 55.8 Å². The molecule has 0 radical (unpaired) electrons. The number of carbonyl (C=O) groups is 1. The molecular weight excluding hydrogens is 371 g/mol. The molecule has 6 heteroatoms. The Morgan fingerprint density at radius 2 is 1.86 bits per heavy atom. The molecule has 1 heterocycles. The van der Waals surface area contributed by atoms with Gasteiger partial charge in [-0.1, -0.05) is 24.3 Å². The Kier molecular flexibility index (Phi) is 6.92. The van der Waals surface area contributed by atoms with Crippen molar-refractivity contribution >= 4 is 5.91 Å².